The minimum absolute atomic E-state index is 0.00821. The van der Waals surface area contributed by atoms with E-state index in [0.717, 1.165) is 23.1 Å². The van der Waals surface area contributed by atoms with Gasteiger partial charge in [-0.15, -0.1) is 0 Å². The molecule has 3 rings (SSSR count). The lowest BCUT2D eigenvalue weighted by Gasteiger charge is -2.42. The molecule has 0 aromatic heterocycles. The molecule has 0 saturated heterocycles. The first-order valence-corrected chi connectivity index (χ1v) is 11.5. The van der Waals surface area contributed by atoms with Crippen molar-refractivity contribution in [2.75, 3.05) is 11.4 Å². The van der Waals surface area contributed by atoms with Gasteiger partial charge in [0.1, 0.15) is 0 Å². The fourth-order valence-electron chi connectivity index (χ4n) is 4.73. The second-order valence-corrected chi connectivity index (χ2v) is 9.45. The Morgan fingerprint density at radius 3 is 1.89 bits per heavy atom. The van der Waals surface area contributed by atoms with E-state index < -0.39 is 77.4 Å². The van der Waals surface area contributed by atoms with E-state index in [4.69, 9.17) is 10.5 Å². The lowest BCUT2D eigenvalue weighted by atomic mass is 9.74. The molecule has 0 aliphatic carbocycles. The topological polar surface area (TPSA) is 55.6 Å². The number of carbonyl (C=O) groups is 1. The van der Waals surface area contributed by atoms with E-state index >= 15 is 0 Å². The molecule has 1 aliphatic heterocycles. The van der Waals surface area contributed by atoms with Crippen LogP contribution in [0.5, 0.6) is 0 Å². The second-order valence-electron chi connectivity index (χ2n) is 9.45. The van der Waals surface area contributed by atoms with Crippen LogP contribution in [0.15, 0.2) is 36.4 Å². The van der Waals surface area contributed by atoms with Crippen LogP contribution in [0.1, 0.15) is 66.8 Å². The second kappa shape index (κ2) is 10.3. The molecular formula is C25H25F9N2O2. The number of benzene rings is 2. The van der Waals surface area contributed by atoms with Crippen molar-refractivity contribution in [2.24, 2.45) is 5.73 Å². The zero-order chi connectivity index (χ0) is 28.8. The molecular weight excluding hydrogens is 531 g/mol. The quantitative estimate of drug-likeness (QED) is 0.393. The van der Waals surface area contributed by atoms with Gasteiger partial charge in [0.2, 0.25) is 0 Å². The first-order valence-electron chi connectivity index (χ1n) is 11.5. The number of ether oxygens (including phenoxy) is 1. The molecule has 2 aromatic carbocycles. The van der Waals surface area contributed by atoms with Crippen LogP contribution >= 0.6 is 0 Å². The molecule has 0 radical (unpaired) electrons. The average Bonchev–Trinajstić information content (AvgIpc) is 2.76. The summed E-state index contributed by atoms with van der Waals surface area (Å²) in [5.74, 6) is -2.27. The molecule has 0 fully saturated rings. The van der Waals surface area contributed by atoms with Crippen LogP contribution in [-0.2, 0) is 23.3 Å². The summed E-state index contributed by atoms with van der Waals surface area (Å²) >= 11 is 0. The number of anilines is 1. The van der Waals surface area contributed by atoms with Crippen molar-refractivity contribution in [1.82, 2.24) is 0 Å². The van der Waals surface area contributed by atoms with Gasteiger partial charge in [0.15, 0.2) is 0 Å². The summed E-state index contributed by atoms with van der Waals surface area (Å²) < 4.78 is 127. The zero-order valence-electron chi connectivity index (χ0n) is 20.4. The predicted octanol–water partition coefficient (Wildman–Crippen LogP) is 7.71. The highest BCUT2D eigenvalue weighted by Gasteiger charge is 2.43. The van der Waals surface area contributed by atoms with Crippen LogP contribution in [0.25, 0.3) is 0 Å². The smallest absolute Gasteiger partial charge is 0.416 e. The van der Waals surface area contributed by atoms with Crippen LogP contribution in [0.2, 0.25) is 0 Å². The molecule has 4 nitrogen and oxygen atoms in total. The lowest BCUT2D eigenvalue weighted by molar-refractivity contribution is -0.143. The molecule has 0 saturated carbocycles. The minimum Gasteiger partial charge on any atom is -0.446 e. The number of hydrogen-bond acceptors (Lipinski definition) is 3. The third kappa shape index (κ3) is 6.19. The highest BCUT2D eigenvalue weighted by Crippen LogP contribution is 2.49. The van der Waals surface area contributed by atoms with E-state index in [0.29, 0.717) is 12.1 Å². The van der Waals surface area contributed by atoms with Crippen LogP contribution in [0, 0.1) is 0 Å². The average molecular weight is 556 g/mol. The molecule has 3 atom stereocenters. The van der Waals surface area contributed by atoms with Crippen LogP contribution < -0.4 is 10.6 Å². The van der Waals surface area contributed by atoms with Gasteiger partial charge in [-0.3, -0.25) is 4.90 Å². The van der Waals surface area contributed by atoms with Crippen LogP contribution in [0.4, 0.5) is 50.0 Å². The number of amides is 1. The van der Waals surface area contributed by atoms with E-state index in [1.54, 1.807) is 20.8 Å². The molecule has 1 amide bonds. The number of nitrogens with two attached hydrogens (primary N) is 1. The summed E-state index contributed by atoms with van der Waals surface area (Å²) in [6.07, 6.45) is -16.5. The Labute approximate surface area is 212 Å². The molecule has 38 heavy (non-hydrogen) atoms. The fourth-order valence-corrected chi connectivity index (χ4v) is 4.73. The molecule has 2 N–H and O–H groups in total. The maximum absolute atomic E-state index is 13.6. The van der Waals surface area contributed by atoms with E-state index in [-0.39, 0.29) is 23.7 Å². The number of carbonyl (C=O) groups excluding carboxylic acids is 1. The lowest BCUT2D eigenvalue weighted by Crippen LogP contribution is -2.45. The summed E-state index contributed by atoms with van der Waals surface area (Å²) in [6.45, 7) is 4.22. The fraction of sp³-hybridized carbons (Fsp3) is 0.480. The first kappa shape index (κ1) is 29.6. The SMILES string of the molecule is CC(C)OC(=O)N1c2ccc(C(F)(F)F)cc2[C@@H](C(CN)c2cc(C(F)(F)F)cc(C(F)(F)F)c2)CC1C. The summed E-state index contributed by atoms with van der Waals surface area (Å²) in [7, 11) is 0. The third-order valence-electron chi connectivity index (χ3n) is 6.36. The third-order valence-corrected chi connectivity index (χ3v) is 6.36. The molecule has 210 valence electrons. The molecule has 13 heteroatoms. The van der Waals surface area contributed by atoms with E-state index in [1.165, 1.54) is 0 Å². The molecule has 2 aromatic rings. The number of alkyl halides is 9. The normalized spacial score (nSPS) is 19.4. The summed E-state index contributed by atoms with van der Waals surface area (Å²) in [6, 6.07) is 2.85. The summed E-state index contributed by atoms with van der Waals surface area (Å²) in [5.41, 5.74) is 1.14. The number of nitrogens with zero attached hydrogens (tertiary/aromatic N) is 1. The number of fused-ring (bicyclic) bond motifs is 1. The van der Waals surface area contributed by atoms with E-state index in [2.05, 4.69) is 0 Å². The van der Waals surface area contributed by atoms with Crippen molar-refractivity contribution in [1.29, 1.82) is 0 Å². The Bertz CT molecular complexity index is 1140. The number of halogens is 9. The van der Waals surface area contributed by atoms with Crippen molar-refractivity contribution < 1.29 is 49.0 Å². The number of rotatable bonds is 4. The van der Waals surface area contributed by atoms with Crippen molar-refractivity contribution in [3.8, 4) is 0 Å². The Morgan fingerprint density at radius 1 is 0.921 bits per heavy atom. The van der Waals surface area contributed by atoms with Crippen LogP contribution in [0.3, 0.4) is 0 Å². The monoisotopic (exact) mass is 556 g/mol. The van der Waals surface area contributed by atoms with Gasteiger partial charge in [0.25, 0.3) is 0 Å². The molecule has 0 bridgehead atoms. The van der Waals surface area contributed by atoms with Crippen molar-refractivity contribution in [3.05, 3.63) is 64.2 Å². The highest BCUT2D eigenvalue weighted by atomic mass is 19.4. The Kier molecular flexibility index (Phi) is 8.03. The van der Waals surface area contributed by atoms with Crippen molar-refractivity contribution >= 4 is 11.8 Å². The Hall–Kier alpha value is -2.96. The largest absolute Gasteiger partial charge is 0.446 e. The van der Waals surface area contributed by atoms with Gasteiger partial charge in [-0.2, -0.15) is 39.5 Å². The van der Waals surface area contributed by atoms with E-state index in [9.17, 15) is 44.3 Å². The van der Waals surface area contributed by atoms with Crippen molar-refractivity contribution in [3.63, 3.8) is 0 Å². The van der Waals surface area contributed by atoms with Gasteiger partial charge in [0, 0.05) is 12.0 Å². The predicted molar refractivity (Wildman–Crippen MR) is 121 cm³/mol. The maximum Gasteiger partial charge on any atom is 0.416 e. The summed E-state index contributed by atoms with van der Waals surface area (Å²) in [4.78, 5) is 13.9. The molecule has 2 unspecified atom stereocenters. The van der Waals surface area contributed by atoms with Crippen molar-refractivity contribution in [2.45, 2.75) is 69.7 Å². The zero-order valence-corrected chi connectivity index (χ0v) is 20.4. The van der Waals surface area contributed by atoms with Gasteiger partial charge in [-0.05, 0) is 87.2 Å². The molecule has 1 heterocycles. The van der Waals surface area contributed by atoms with Crippen LogP contribution in [-0.4, -0.2) is 24.8 Å². The molecule has 1 aliphatic rings. The molecule has 0 spiro atoms. The standard InChI is InChI=1S/C25H25F9N2O2/c1-12(2)38-22(37)36-13(3)6-18(19-10-15(23(26,27)28)4-5-21(19)36)20(11-35)14-7-16(24(29,30)31)9-17(8-14)25(32,33)34/h4-5,7-10,12-13,18,20H,6,11,35H2,1-3H3/t13?,18-,20?/m0/s1. The number of hydrogen-bond donors (Lipinski definition) is 1. The van der Waals surface area contributed by atoms with Gasteiger partial charge in [-0.1, -0.05) is 0 Å². The Morgan fingerprint density at radius 2 is 1.45 bits per heavy atom. The maximum atomic E-state index is 13.6. The van der Waals surface area contributed by atoms with Gasteiger partial charge in [-0.25, -0.2) is 4.79 Å². The minimum atomic E-state index is -5.12. The Balaban J connectivity index is 2.24. The highest BCUT2D eigenvalue weighted by molar-refractivity contribution is 5.90. The van der Waals surface area contributed by atoms with Gasteiger partial charge < -0.3 is 10.5 Å². The van der Waals surface area contributed by atoms with Gasteiger partial charge in [0.05, 0.1) is 28.5 Å². The van der Waals surface area contributed by atoms with Gasteiger partial charge >= 0.3 is 24.6 Å². The summed E-state index contributed by atoms with van der Waals surface area (Å²) in [5, 5.41) is 0. The first-order chi connectivity index (χ1) is 17.3. The van der Waals surface area contributed by atoms with E-state index in [1.807, 2.05) is 0 Å².